The molecule has 10 heavy (non-hydrogen) atoms. The molecule has 0 saturated carbocycles. The Balaban J connectivity index is 0. The Kier molecular flexibility index (Phi) is 7.27. The molecule has 1 rings (SSSR count). The number of aryl methyl sites for hydroxylation is 2. The van der Waals surface area contributed by atoms with E-state index in [4.69, 9.17) is 0 Å². The van der Waals surface area contributed by atoms with E-state index in [-0.39, 0.29) is 30.5 Å². The molecule has 0 unspecified atom stereocenters. The van der Waals surface area contributed by atoms with Crippen LogP contribution in [0.15, 0.2) is 18.2 Å². The molecule has 0 aliphatic carbocycles. The first-order valence-electron chi connectivity index (χ1n) is 2.74. The minimum atomic E-state index is 0. The molecular weight excluding hydrogens is 132 g/mol. The van der Waals surface area contributed by atoms with Crippen LogP contribution in [0.4, 0.5) is 0 Å². The first-order chi connectivity index (χ1) is 3.80. The van der Waals surface area contributed by atoms with Gasteiger partial charge in [0.05, 0.1) is 0 Å². The fourth-order valence-electron chi connectivity index (χ4n) is 0.604. The maximum absolute atomic E-state index is 3.10. The van der Waals surface area contributed by atoms with E-state index in [0.717, 1.165) is 0 Å². The summed E-state index contributed by atoms with van der Waals surface area (Å²) in [5.74, 6) is 0. The van der Waals surface area contributed by atoms with E-state index in [9.17, 15) is 0 Å². The fraction of sp³-hybridized carbons (Fsp3) is 0.222. The van der Waals surface area contributed by atoms with E-state index in [1.54, 1.807) is 0 Å². The second-order valence-corrected chi connectivity index (χ2v) is 1.98. The summed E-state index contributed by atoms with van der Waals surface area (Å²) in [5.41, 5.74) is 2.56. The van der Waals surface area contributed by atoms with Crippen molar-refractivity contribution < 1.29 is 0 Å². The van der Waals surface area contributed by atoms with Gasteiger partial charge in [0.25, 0.3) is 0 Å². The van der Waals surface area contributed by atoms with E-state index in [2.05, 4.69) is 26.0 Å². The Morgan fingerprint density at radius 2 is 1.90 bits per heavy atom. The van der Waals surface area contributed by atoms with Gasteiger partial charge in [0, 0.05) is 0 Å². The van der Waals surface area contributed by atoms with Crippen LogP contribution in [0.2, 0.25) is 0 Å². The molecule has 0 aliphatic heterocycles. The van der Waals surface area contributed by atoms with Gasteiger partial charge in [-0.15, -0.1) is 0 Å². The summed E-state index contributed by atoms with van der Waals surface area (Å²) in [6.45, 7) is 4.15. The van der Waals surface area contributed by atoms with Crippen LogP contribution in [0.1, 0.15) is 11.1 Å². The van der Waals surface area contributed by atoms with Crippen molar-refractivity contribution in [2.24, 2.45) is 0 Å². The van der Waals surface area contributed by atoms with Crippen molar-refractivity contribution in [3.8, 4) is 0 Å². The van der Waals surface area contributed by atoms with Crippen LogP contribution in [0.25, 0.3) is 0 Å². The van der Waals surface area contributed by atoms with Gasteiger partial charge in [0.1, 0.15) is 0 Å². The molecule has 0 spiro atoms. The average molecular weight is 144 g/mol. The zero-order valence-electron chi connectivity index (χ0n) is 6.94. The monoisotopic (exact) mass is 144 g/mol. The average Bonchev–Trinajstić information content (AvgIpc) is 1.77. The van der Waals surface area contributed by atoms with Gasteiger partial charge in [-0.1, -0.05) is 13.8 Å². The van der Waals surface area contributed by atoms with Crippen LogP contribution in [-0.4, -0.2) is 23.1 Å². The topological polar surface area (TPSA) is 0 Å². The van der Waals surface area contributed by atoms with Crippen LogP contribution in [0.3, 0.4) is 0 Å². The maximum Gasteiger partial charge on any atom is 2.00 e. The number of benzene rings is 1. The molecule has 0 bridgehead atoms. The third-order valence-corrected chi connectivity index (χ3v) is 1.33. The van der Waals surface area contributed by atoms with Crippen LogP contribution in [-0.2, 0) is 0 Å². The predicted molar refractivity (Wildman–Crippen MR) is 46.9 cm³/mol. The molecule has 0 fully saturated rings. The Bertz CT molecular complexity index is 161. The first kappa shape index (κ1) is 12.6. The fourth-order valence-corrected chi connectivity index (χ4v) is 0.604. The van der Waals surface area contributed by atoms with E-state index in [1.807, 2.05) is 12.1 Å². The van der Waals surface area contributed by atoms with Crippen LogP contribution < -0.4 is 0 Å². The van der Waals surface area contributed by atoms with Crippen molar-refractivity contribution in [1.29, 1.82) is 0 Å². The smallest absolute Gasteiger partial charge is 0.358 e. The van der Waals surface area contributed by atoms with Crippen molar-refractivity contribution in [3.63, 3.8) is 0 Å². The van der Waals surface area contributed by atoms with Crippen molar-refractivity contribution in [2.45, 2.75) is 13.8 Å². The summed E-state index contributed by atoms with van der Waals surface area (Å²) in [6.07, 6.45) is 0. The summed E-state index contributed by atoms with van der Waals surface area (Å²) in [7, 11) is 0. The number of rotatable bonds is 0. The molecule has 0 heterocycles. The van der Waals surface area contributed by atoms with Crippen molar-refractivity contribution in [1.82, 2.24) is 0 Å². The molecule has 1 aromatic carbocycles. The molecule has 0 radical (unpaired) electrons. The van der Waals surface area contributed by atoms with Crippen LogP contribution >= 0.6 is 0 Å². The van der Waals surface area contributed by atoms with Crippen molar-refractivity contribution >= 4 is 23.1 Å². The summed E-state index contributed by atoms with van der Waals surface area (Å²) in [5, 5.41) is 0. The zero-order chi connectivity index (χ0) is 5.98. The molecular formula is C9H12Mg. The predicted octanol–water partition coefficient (Wildman–Crippen LogP) is 2.17. The van der Waals surface area contributed by atoms with E-state index in [0.29, 0.717) is 0 Å². The molecule has 0 saturated heterocycles. The normalized spacial score (nSPS) is 7.40. The first-order valence-corrected chi connectivity index (χ1v) is 2.74. The molecule has 0 amide bonds. The second-order valence-electron chi connectivity index (χ2n) is 1.98. The van der Waals surface area contributed by atoms with E-state index in [1.165, 1.54) is 11.1 Å². The molecule has 50 valence electrons. The Labute approximate surface area is 79.8 Å². The van der Waals surface area contributed by atoms with Crippen LogP contribution in [0, 0.1) is 27.3 Å². The largest absolute Gasteiger partial charge is 2.00 e. The Hall–Kier alpha value is -0.0138. The third kappa shape index (κ3) is 3.23. The number of hydrogen-bond acceptors (Lipinski definition) is 0. The summed E-state index contributed by atoms with van der Waals surface area (Å²) in [4.78, 5) is 0. The maximum atomic E-state index is 3.10. The molecule has 1 aromatic rings. The van der Waals surface area contributed by atoms with Gasteiger partial charge in [-0.05, 0) is 0 Å². The standard InChI is InChI=1S/C8H9.CH3.Mg/c1-7-5-3-4-6-8(7)2;;/h3-5H,1-2H3;1H3;/q2*-1;+2. The Morgan fingerprint density at radius 3 is 2.20 bits per heavy atom. The van der Waals surface area contributed by atoms with Gasteiger partial charge < -0.3 is 7.43 Å². The van der Waals surface area contributed by atoms with Gasteiger partial charge in [0.2, 0.25) is 0 Å². The molecule has 0 aliphatic rings. The third-order valence-electron chi connectivity index (χ3n) is 1.33. The van der Waals surface area contributed by atoms with Gasteiger partial charge in [0.15, 0.2) is 0 Å². The van der Waals surface area contributed by atoms with Gasteiger partial charge in [-0.2, -0.15) is 35.4 Å². The van der Waals surface area contributed by atoms with Gasteiger partial charge in [-0.25, -0.2) is 0 Å². The second kappa shape index (κ2) is 5.75. The quantitative estimate of drug-likeness (QED) is 0.387. The van der Waals surface area contributed by atoms with E-state index >= 15 is 0 Å². The summed E-state index contributed by atoms with van der Waals surface area (Å²) in [6, 6.07) is 9.12. The van der Waals surface area contributed by atoms with Gasteiger partial charge >= 0.3 is 23.1 Å². The summed E-state index contributed by atoms with van der Waals surface area (Å²) >= 11 is 0. The molecule has 0 nitrogen and oxygen atoms in total. The van der Waals surface area contributed by atoms with E-state index < -0.39 is 0 Å². The van der Waals surface area contributed by atoms with Gasteiger partial charge in [-0.3, -0.25) is 0 Å². The molecule has 0 aromatic heterocycles. The zero-order valence-corrected chi connectivity index (χ0v) is 8.35. The molecule has 0 N–H and O–H groups in total. The van der Waals surface area contributed by atoms with Crippen LogP contribution in [0.5, 0.6) is 0 Å². The molecule has 0 atom stereocenters. The minimum absolute atomic E-state index is 0. The minimum Gasteiger partial charge on any atom is -0.358 e. The van der Waals surface area contributed by atoms with Crippen molar-refractivity contribution in [3.05, 3.63) is 42.8 Å². The Morgan fingerprint density at radius 1 is 1.30 bits per heavy atom. The summed E-state index contributed by atoms with van der Waals surface area (Å²) < 4.78 is 0. The van der Waals surface area contributed by atoms with Crippen molar-refractivity contribution in [2.75, 3.05) is 0 Å². The molecule has 1 heteroatoms. The number of hydrogen-bond donors (Lipinski definition) is 0. The SMILES string of the molecule is Cc1[c-]cccc1C.[CH3-].[Mg+2].